The van der Waals surface area contributed by atoms with Crippen LogP contribution in [-0.2, 0) is 13.0 Å². The summed E-state index contributed by atoms with van der Waals surface area (Å²) in [5, 5.41) is 4.73. The van der Waals surface area contributed by atoms with Crippen molar-refractivity contribution in [2.45, 2.75) is 45.0 Å². The lowest BCUT2D eigenvalue weighted by Gasteiger charge is -2.34. The Morgan fingerprint density at radius 2 is 2.21 bits per heavy atom. The van der Waals surface area contributed by atoms with Crippen LogP contribution in [0.1, 0.15) is 42.9 Å². The van der Waals surface area contributed by atoms with E-state index in [0.717, 1.165) is 38.0 Å². The Balaban J connectivity index is 2.03. The second-order valence-corrected chi connectivity index (χ2v) is 5.93. The molecule has 0 bridgehead atoms. The maximum Gasteiger partial charge on any atom is 0.271 e. The number of alkyl halides is 1. The summed E-state index contributed by atoms with van der Waals surface area (Å²) in [5.74, 6) is 0.618. The van der Waals surface area contributed by atoms with E-state index in [-0.39, 0.29) is 5.91 Å². The van der Waals surface area contributed by atoms with Gasteiger partial charge in [-0.3, -0.25) is 9.48 Å². The summed E-state index contributed by atoms with van der Waals surface area (Å²) >= 11 is 5.98. The maximum atomic E-state index is 12.4. The fourth-order valence-corrected chi connectivity index (χ4v) is 3.03. The molecule has 4 nitrogen and oxygen atoms in total. The van der Waals surface area contributed by atoms with Gasteiger partial charge in [-0.2, -0.15) is 5.10 Å². The van der Waals surface area contributed by atoms with E-state index in [9.17, 15) is 4.79 Å². The van der Waals surface area contributed by atoms with Gasteiger partial charge in [0, 0.05) is 25.5 Å². The van der Waals surface area contributed by atoms with Crippen LogP contribution in [0.4, 0.5) is 0 Å². The number of halogens is 1. The van der Waals surface area contributed by atoms with Gasteiger partial charge in [0.2, 0.25) is 0 Å². The first-order valence-corrected chi connectivity index (χ1v) is 7.45. The van der Waals surface area contributed by atoms with Gasteiger partial charge < -0.3 is 4.90 Å². The van der Waals surface area contributed by atoms with E-state index in [1.54, 1.807) is 9.58 Å². The summed E-state index contributed by atoms with van der Waals surface area (Å²) in [6.45, 7) is 5.57. The minimum atomic E-state index is 0.0621. The van der Waals surface area contributed by atoms with Crippen LogP contribution in [0.5, 0.6) is 0 Å². The van der Waals surface area contributed by atoms with Crippen molar-refractivity contribution in [2.24, 2.45) is 5.92 Å². The molecule has 106 valence electrons. The Kier molecular flexibility index (Phi) is 4.50. The molecule has 0 unspecified atom stereocenters. The zero-order chi connectivity index (χ0) is 14.0. The number of aryl methyl sites for hydroxylation is 2. The van der Waals surface area contributed by atoms with Gasteiger partial charge in [-0.25, -0.2) is 0 Å². The van der Waals surface area contributed by atoms with Crippen molar-refractivity contribution in [1.82, 2.24) is 14.7 Å². The predicted octanol–water partition coefficient (Wildman–Crippen LogP) is 2.55. The first-order chi connectivity index (χ1) is 9.05. The van der Waals surface area contributed by atoms with Gasteiger partial charge >= 0.3 is 0 Å². The number of nitrogens with zero attached hydrogens (tertiary/aromatic N) is 3. The molecule has 1 amide bonds. The van der Waals surface area contributed by atoms with Crippen molar-refractivity contribution in [1.29, 1.82) is 0 Å². The summed E-state index contributed by atoms with van der Waals surface area (Å²) in [6, 6.07) is 1.91. The fourth-order valence-electron chi connectivity index (χ4n) is 2.53. The largest absolute Gasteiger partial charge is 0.340 e. The molecule has 1 saturated carbocycles. The number of aromatic nitrogens is 2. The second-order valence-electron chi connectivity index (χ2n) is 5.31. The van der Waals surface area contributed by atoms with Gasteiger partial charge in [0.1, 0.15) is 5.69 Å². The fraction of sp³-hybridized carbons (Fsp3) is 0.714. The van der Waals surface area contributed by atoms with Gasteiger partial charge in [0.15, 0.2) is 0 Å². The first kappa shape index (κ1) is 14.4. The summed E-state index contributed by atoms with van der Waals surface area (Å²) in [5.41, 5.74) is 1.67. The molecule has 5 heteroatoms. The topological polar surface area (TPSA) is 38.1 Å². The highest BCUT2D eigenvalue weighted by Crippen LogP contribution is 2.32. The van der Waals surface area contributed by atoms with Crippen molar-refractivity contribution in [3.63, 3.8) is 0 Å². The minimum Gasteiger partial charge on any atom is -0.340 e. The summed E-state index contributed by atoms with van der Waals surface area (Å²) in [7, 11) is 1.86. The SMILES string of the molecule is CCc1cc(C(=O)N(C)CC2CC(Cl)C2)n(CC)n1. The lowest BCUT2D eigenvalue weighted by atomic mass is 9.84. The van der Waals surface area contributed by atoms with Crippen molar-refractivity contribution in [2.75, 3.05) is 13.6 Å². The number of carbonyl (C=O) groups excluding carboxylic acids is 1. The van der Waals surface area contributed by atoms with E-state index in [4.69, 9.17) is 11.6 Å². The predicted molar refractivity (Wildman–Crippen MR) is 76.6 cm³/mol. The number of carbonyl (C=O) groups is 1. The van der Waals surface area contributed by atoms with E-state index in [0.29, 0.717) is 17.0 Å². The third-order valence-corrected chi connectivity index (χ3v) is 4.12. The lowest BCUT2D eigenvalue weighted by Crippen LogP contribution is -2.38. The average molecular weight is 284 g/mol. The molecule has 1 aromatic rings. The number of amides is 1. The molecule has 0 aliphatic heterocycles. The molecule has 1 aromatic heterocycles. The highest BCUT2D eigenvalue weighted by atomic mass is 35.5. The van der Waals surface area contributed by atoms with Gasteiger partial charge in [0.25, 0.3) is 5.91 Å². The van der Waals surface area contributed by atoms with Crippen LogP contribution < -0.4 is 0 Å². The molecule has 0 atom stereocenters. The molecule has 0 spiro atoms. The quantitative estimate of drug-likeness (QED) is 0.779. The smallest absolute Gasteiger partial charge is 0.271 e. The van der Waals surface area contributed by atoms with Crippen LogP contribution in [-0.4, -0.2) is 39.6 Å². The van der Waals surface area contributed by atoms with E-state index in [2.05, 4.69) is 12.0 Å². The van der Waals surface area contributed by atoms with Gasteiger partial charge in [-0.05, 0) is 38.2 Å². The molecule has 1 aliphatic carbocycles. The van der Waals surface area contributed by atoms with Gasteiger partial charge in [-0.15, -0.1) is 11.6 Å². The Morgan fingerprint density at radius 3 is 2.74 bits per heavy atom. The minimum absolute atomic E-state index is 0.0621. The molecule has 0 N–H and O–H groups in total. The molecular weight excluding hydrogens is 262 g/mol. The number of hydrogen-bond acceptors (Lipinski definition) is 2. The molecule has 1 heterocycles. The number of hydrogen-bond donors (Lipinski definition) is 0. The molecule has 1 fully saturated rings. The van der Waals surface area contributed by atoms with Crippen LogP contribution in [0.15, 0.2) is 6.07 Å². The normalized spacial score (nSPS) is 22.1. The maximum absolute atomic E-state index is 12.4. The Bertz CT molecular complexity index is 452. The van der Waals surface area contributed by atoms with Crippen molar-refractivity contribution in [3.8, 4) is 0 Å². The van der Waals surface area contributed by atoms with Gasteiger partial charge in [-0.1, -0.05) is 6.92 Å². The van der Waals surface area contributed by atoms with Crippen molar-refractivity contribution < 1.29 is 4.79 Å². The third-order valence-electron chi connectivity index (χ3n) is 3.77. The summed E-state index contributed by atoms with van der Waals surface area (Å²) < 4.78 is 1.79. The molecule has 0 saturated heterocycles. The van der Waals surface area contributed by atoms with Crippen LogP contribution in [0, 0.1) is 5.92 Å². The summed E-state index contributed by atoms with van der Waals surface area (Å²) in [4.78, 5) is 14.2. The Hall–Kier alpha value is -1.03. The average Bonchev–Trinajstić information content (AvgIpc) is 2.79. The van der Waals surface area contributed by atoms with Crippen molar-refractivity contribution >= 4 is 17.5 Å². The Morgan fingerprint density at radius 1 is 1.53 bits per heavy atom. The first-order valence-electron chi connectivity index (χ1n) is 7.01. The lowest BCUT2D eigenvalue weighted by molar-refractivity contribution is 0.0734. The third kappa shape index (κ3) is 3.11. The van der Waals surface area contributed by atoms with E-state index in [1.807, 2.05) is 20.0 Å². The van der Waals surface area contributed by atoms with E-state index >= 15 is 0 Å². The van der Waals surface area contributed by atoms with Crippen molar-refractivity contribution in [3.05, 3.63) is 17.5 Å². The molecule has 0 aromatic carbocycles. The summed E-state index contributed by atoms with van der Waals surface area (Å²) in [6.07, 6.45) is 2.90. The van der Waals surface area contributed by atoms with Gasteiger partial charge in [0.05, 0.1) is 5.69 Å². The molecular formula is C14H22ClN3O. The molecule has 2 rings (SSSR count). The second kappa shape index (κ2) is 5.95. The van der Waals surface area contributed by atoms with Crippen LogP contribution in [0.25, 0.3) is 0 Å². The van der Waals surface area contributed by atoms with E-state index in [1.165, 1.54) is 0 Å². The zero-order valence-corrected chi connectivity index (χ0v) is 12.7. The highest BCUT2D eigenvalue weighted by molar-refractivity contribution is 6.21. The van der Waals surface area contributed by atoms with Crippen LogP contribution in [0.3, 0.4) is 0 Å². The van der Waals surface area contributed by atoms with E-state index < -0.39 is 0 Å². The molecule has 19 heavy (non-hydrogen) atoms. The molecule has 0 radical (unpaired) electrons. The molecule has 1 aliphatic rings. The number of rotatable bonds is 5. The highest BCUT2D eigenvalue weighted by Gasteiger charge is 2.30. The monoisotopic (exact) mass is 283 g/mol. The van der Waals surface area contributed by atoms with Crippen LogP contribution >= 0.6 is 11.6 Å². The standard InChI is InChI=1S/C14H22ClN3O/c1-4-12-8-13(18(5-2)16-12)14(19)17(3)9-10-6-11(15)7-10/h8,10-11H,4-7,9H2,1-3H3. The Labute approximate surface area is 119 Å². The zero-order valence-electron chi connectivity index (χ0n) is 11.9. The van der Waals surface area contributed by atoms with Crippen LogP contribution in [0.2, 0.25) is 0 Å².